The molecular formula is C26H46O5. The van der Waals surface area contributed by atoms with Crippen LogP contribution in [-0.2, 0) is 14.3 Å². The molecule has 1 heterocycles. The zero-order valence-corrected chi connectivity index (χ0v) is 20.8. The van der Waals surface area contributed by atoms with Crippen molar-refractivity contribution in [2.45, 2.75) is 99.5 Å². The standard InChI is InChI=1S/C13H20.C6H12O2.C5H8O3.C2H6/c1-3-12-10(2)8-9-11-6-4-5-7-13(11)12;1-4-6(2,3)5(7)8;6-4-1-2-8-5(7)3-4;1-2/h6,8-10,12-13H,3-5,7H2,1-2H3;4H2,1-3H3,(H,7,8);4,6H,1-3H2;1-2H3. The number of cyclic esters (lactones) is 1. The Morgan fingerprint density at radius 3 is 2.29 bits per heavy atom. The van der Waals surface area contributed by atoms with Gasteiger partial charge in [0.25, 0.3) is 0 Å². The molecule has 4 atom stereocenters. The number of carboxylic acid groups (broad SMARTS) is 1. The summed E-state index contributed by atoms with van der Waals surface area (Å²) in [5.74, 6) is 1.59. The van der Waals surface area contributed by atoms with Crippen molar-refractivity contribution in [2.24, 2.45) is 23.2 Å². The molecule has 3 rings (SSSR count). The third kappa shape index (κ3) is 10.5. The summed E-state index contributed by atoms with van der Waals surface area (Å²) in [5.41, 5.74) is 1.09. The van der Waals surface area contributed by atoms with Crippen molar-refractivity contribution in [3.8, 4) is 0 Å². The van der Waals surface area contributed by atoms with E-state index in [1.165, 1.54) is 25.7 Å². The molecule has 0 radical (unpaired) electrons. The Kier molecular flexibility index (Phi) is 14.4. The number of rotatable bonds is 3. The fraction of sp³-hybridized carbons (Fsp3) is 0.769. The first kappa shape index (κ1) is 29.4. The van der Waals surface area contributed by atoms with Gasteiger partial charge in [-0.3, -0.25) is 9.59 Å². The highest BCUT2D eigenvalue weighted by molar-refractivity contribution is 5.73. The van der Waals surface area contributed by atoms with E-state index < -0.39 is 17.5 Å². The Morgan fingerprint density at radius 1 is 1.23 bits per heavy atom. The average molecular weight is 439 g/mol. The molecule has 2 aliphatic carbocycles. The van der Waals surface area contributed by atoms with Gasteiger partial charge in [-0.1, -0.05) is 59.3 Å². The van der Waals surface area contributed by atoms with E-state index in [0.29, 0.717) is 19.4 Å². The molecule has 1 aliphatic heterocycles. The van der Waals surface area contributed by atoms with Crippen LogP contribution in [0.25, 0.3) is 0 Å². The number of aliphatic hydroxyl groups excluding tert-OH is 1. The Bertz CT molecular complexity index is 591. The minimum atomic E-state index is -0.722. The van der Waals surface area contributed by atoms with Crippen LogP contribution >= 0.6 is 0 Å². The summed E-state index contributed by atoms with van der Waals surface area (Å²) < 4.78 is 4.55. The van der Waals surface area contributed by atoms with Crippen LogP contribution in [0.15, 0.2) is 23.8 Å². The molecule has 0 bridgehead atoms. The summed E-state index contributed by atoms with van der Waals surface area (Å²) in [6, 6.07) is 0. The molecule has 3 aliphatic rings. The van der Waals surface area contributed by atoms with Crippen LogP contribution in [0.3, 0.4) is 0 Å². The molecule has 4 unspecified atom stereocenters. The summed E-state index contributed by atoms with van der Waals surface area (Å²) >= 11 is 0. The number of allylic oxidation sites excluding steroid dienone is 4. The van der Waals surface area contributed by atoms with E-state index in [2.05, 4.69) is 36.8 Å². The number of aliphatic carboxylic acids is 1. The summed E-state index contributed by atoms with van der Waals surface area (Å²) in [4.78, 5) is 20.5. The fourth-order valence-corrected chi connectivity index (χ4v) is 3.82. The van der Waals surface area contributed by atoms with Crippen LogP contribution in [0.5, 0.6) is 0 Å². The number of fused-ring (bicyclic) bond motifs is 1. The molecule has 31 heavy (non-hydrogen) atoms. The quantitative estimate of drug-likeness (QED) is 0.515. The summed E-state index contributed by atoms with van der Waals surface area (Å²) in [5, 5.41) is 17.2. The van der Waals surface area contributed by atoms with Crippen LogP contribution in [0.4, 0.5) is 0 Å². The van der Waals surface area contributed by atoms with Crippen LogP contribution in [0.1, 0.15) is 93.4 Å². The lowest BCUT2D eigenvalue weighted by atomic mass is 9.69. The molecule has 5 heteroatoms. The normalized spacial score (nSPS) is 26.8. The number of carbonyl (C=O) groups excluding carboxylic acids is 1. The number of carbonyl (C=O) groups is 2. The Balaban J connectivity index is 0.000000439. The number of esters is 1. The molecule has 0 aromatic heterocycles. The van der Waals surface area contributed by atoms with Gasteiger partial charge in [-0.15, -0.1) is 0 Å². The van der Waals surface area contributed by atoms with Crippen molar-refractivity contribution in [2.75, 3.05) is 6.61 Å². The van der Waals surface area contributed by atoms with Gasteiger partial charge in [0.2, 0.25) is 0 Å². The van der Waals surface area contributed by atoms with Crippen LogP contribution in [-0.4, -0.2) is 34.9 Å². The molecule has 5 nitrogen and oxygen atoms in total. The van der Waals surface area contributed by atoms with Crippen molar-refractivity contribution in [1.29, 1.82) is 0 Å². The Morgan fingerprint density at radius 2 is 1.87 bits per heavy atom. The molecular weight excluding hydrogens is 392 g/mol. The second kappa shape index (κ2) is 15.2. The van der Waals surface area contributed by atoms with Gasteiger partial charge in [0.05, 0.1) is 24.5 Å². The second-order valence-electron chi connectivity index (χ2n) is 8.94. The maximum absolute atomic E-state index is 10.3. The maximum atomic E-state index is 10.3. The molecule has 1 fully saturated rings. The van der Waals surface area contributed by atoms with E-state index in [0.717, 1.165) is 17.8 Å². The average Bonchev–Trinajstić information content (AvgIpc) is 2.76. The highest BCUT2D eigenvalue weighted by Crippen LogP contribution is 2.41. The third-order valence-electron chi connectivity index (χ3n) is 6.36. The van der Waals surface area contributed by atoms with Gasteiger partial charge in [0, 0.05) is 6.42 Å². The zero-order chi connectivity index (χ0) is 24.0. The number of ether oxygens (including phenoxy) is 1. The Hall–Kier alpha value is -1.62. The monoisotopic (exact) mass is 438 g/mol. The van der Waals surface area contributed by atoms with Gasteiger partial charge in [-0.2, -0.15) is 0 Å². The first-order valence-corrected chi connectivity index (χ1v) is 12.1. The minimum absolute atomic E-state index is 0.167. The van der Waals surface area contributed by atoms with Gasteiger partial charge in [0.15, 0.2) is 0 Å². The maximum Gasteiger partial charge on any atom is 0.309 e. The van der Waals surface area contributed by atoms with Gasteiger partial charge in [0.1, 0.15) is 0 Å². The van der Waals surface area contributed by atoms with Crippen molar-refractivity contribution < 1.29 is 24.5 Å². The van der Waals surface area contributed by atoms with Crippen molar-refractivity contribution in [3.63, 3.8) is 0 Å². The van der Waals surface area contributed by atoms with Gasteiger partial charge in [-0.25, -0.2) is 0 Å². The molecule has 0 amide bonds. The Labute approximate surface area is 190 Å². The third-order valence-corrected chi connectivity index (χ3v) is 6.36. The number of hydrogen-bond donors (Lipinski definition) is 2. The minimum Gasteiger partial charge on any atom is -0.481 e. The van der Waals surface area contributed by atoms with Crippen LogP contribution < -0.4 is 0 Å². The molecule has 2 N–H and O–H groups in total. The number of carboxylic acids is 1. The molecule has 0 spiro atoms. The summed E-state index contributed by atoms with van der Waals surface area (Å²) in [6.07, 6.45) is 13.7. The lowest BCUT2D eigenvalue weighted by Crippen LogP contribution is -2.26. The van der Waals surface area contributed by atoms with E-state index in [1.807, 2.05) is 20.8 Å². The number of hydrogen-bond acceptors (Lipinski definition) is 4. The highest BCUT2D eigenvalue weighted by Gasteiger charge is 2.30. The van der Waals surface area contributed by atoms with Crippen molar-refractivity contribution in [3.05, 3.63) is 23.8 Å². The molecule has 0 saturated carbocycles. The van der Waals surface area contributed by atoms with E-state index >= 15 is 0 Å². The lowest BCUT2D eigenvalue weighted by Gasteiger charge is -2.36. The molecule has 1 saturated heterocycles. The van der Waals surface area contributed by atoms with Gasteiger partial charge >= 0.3 is 11.9 Å². The summed E-state index contributed by atoms with van der Waals surface area (Å²) in [7, 11) is 0. The van der Waals surface area contributed by atoms with Crippen molar-refractivity contribution >= 4 is 11.9 Å². The van der Waals surface area contributed by atoms with E-state index in [-0.39, 0.29) is 12.4 Å². The number of aliphatic hydroxyl groups is 1. The first-order chi connectivity index (χ1) is 14.6. The van der Waals surface area contributed by atoms with Crippen LogP contribution in [0.2, 0.25) is 0 Å². The zero-order valence-electron chi connectivity index (χ0n) is 20.8. The smallest absolute Gasteiger partial charge is 0.309 e. The molecule has 0 aromatic carbocycles. The SMILES string of the molecule is CC.CCC(C)(C)C(=O)O.CCC1C(C)C=CC2=CCCCC21.O=C1CC(O)CCO1. The first-order valence-electron chi connectivity index (χ1n) is 12.1. The molecule has 180 valence electrons. The van der Waals surface area contributed by atoms with Gasteiger partial charge in [-0.05, 0) is 62.9 Å². The highest BCUT2D eigenvalue weighted by atomic mass is 16.5. The van der Waals surface area contributed by atoms with E-state index in [1.54, 1.807) is 19.4 Å². The van der Waals surface area contributed by atoms with Crippen molar-refractivity contribution in [1.82, 2.24) is 0 Å². The fourth-order valence-electron chi connectivity index (χ4n) is 3.82. The molecule has 0 aromatic rings. The topological polar surface area (TPSA) is 83.8 Å². The van der Waals surface area contributed by atoms with Crippen LogP contribution in [0, 0.1) is 23.2 Å². The van der Waals surface area contributed by atoms with Gasteiger partial charge < -0.3 is 14.9 Å². The summed E-state index contributed by atoms with van der Waals surface area (Å²) in [6.45, 7) is 14.4. The lowest BCUT2D eigenvalue weighted by molar-refractivity contribution is -0.151. The van der Waals surface area contributed by atoms with E-state index in [9.17, 15) is 9.59 Å². The van der Waals surface area contributed by atoms with E-state index in [4.69, 9.17) is 10.2 Å². The predicted octanol–water partition coefficient (Wildman–Crippen LogP) is 6.16. The second-order valence-corrected chi connectivity index (χ2v) is 8.94. The largest absolute Gasteiger partial charge is 0.481 e. The predicted molar refractivity (Wildman–Crippen MR) is 127 cm³/mol.